The summed E-state index contributed by atoms with van der Waals surface area (Å²) in [4.78, 5) is 10.2. The molecule has 0 radical (unpaired) electrons. The maximum absolute atomic E-state index is 9.41. The number of nitriles is 1. The van der Waals surface area contributed by atoms with Gasteiger partial charge in [0.05, 0.1) is 23.0 Å². The first-order valence-corrected chi connectivity index (χ1v) is 17.0. The molecule has 0 aliphatic heterocycles. The second-order valence-corrected chi connectivity index (χ2v) is 13.3. The van der Waals surface area contributed by atoms with Gasteiger partial charge >= 0.3 is 0 Å². The SMILES string of the molecule is N#Cc1ccc(-c2cc(-c3cc(-c4ccc5ccccc5c4)cc(-c4ccc5sc6ccccc6c5c4)c3)nc(-c3ccccc3)n2)cc1. The third-order valence-corrected chi connectivity index (χ3v) is 10.2. The Bertz CT molecular complexity index is 2720. The maximum atomic E-state index is 9.41. The number of hydrogen-bond donors (Lipinski definition) is 0. The predicted molar refractivity (Wildman–Crippen MR) is 204 cm³/mol. The highest BCUT2D eigenvalue weighted by molar-refractivity contribution is 7.25. The lowest BCUT2D eigenvalue weighted by atomic mass is 9.93. The van der Waals surface area contributed by atoms with Crippen LogP contribution in [-0.4, -0.2) is 9.97 Å². The highest BCUT2D eigenvalue weighted by atomic mass is 32.1. The van der Waals surface area contributed by atoms with Gasteiger partial charge in [-0.2, -0.15) is 5.26 Å². The topological polar surface area (TPSA) is 49.6 Å². The second-order valence-electron chi connectivity index (χ2n) is 12.2. The first-order valence-electron chi connectivity index (χ1n) is 16.2. The van der Waals surface area contributed by atoms with E-state index in [2.05, 4.69) is 115 Å². The predicted octanol–water partition coefficient (Wildman–Crippen LogP) is 12.2. The van der Waals surface area contributed by atoms with Gasteiger partial charge in [-0.05, 0) is 93.7 Å². The molecule has 0 aliphatic rings. The fraction of sp³-hybridized carbons (Fsp3) is 0. The maximum Gasteiger partial charge on any atom is 0.160 e. The Hall–Kier alpha value is -6.41. The zero-order valence-electron chi connectivity index (χ0n) is 26.3. The first-order chi connectivity index (χ1) is 24.2. The second kappa shape index (κ2) is 12.0. The van der Waals surface area contributed by atoms with Gasteiger partial charge < -0.3 is 0 Å². The molecule has 0 N–H and O–H groups in total. The van der Waals surface area contributed by atoms with Crippen LogP contribution in [0, 0.1) is 11.3 Å². The fourth-order valence-corrected chi connectivity index (χ4v) is 7.64. The van der Waals surface area contributed by atoms with Crippen molar-refractivity contribution < 1.29 is 0 Å². The summed E-state index contributed by atoms with van der Waals surface area (Å²) in [6.07, 6.45) is 0. The van der Waals surface area contributed by atoms with Crippen LogP contribution in [0.3, 0.4) is 0 Å². The van der Waals surface area contributed by atoms with Crippen LogP contribution in [0.2, 0.25) is 0 Å². The van der Waals surface area contributed by atoms with E-state index in [1.54, 1.807) is 0 Å². The van der Waals surface area contributed by atoms with Crippen LogP contribution in [0.1, 0.15) is 5.56 Å². The molecular formula is C45H27N3S. The standard InChI is InChI=1S/C45H27N3S/c46-28-29-14-16-31(17-15-29)41-27-42(48-45(47-41)32-9-2-1-3-10-32)38-24-36(34-19-18-30-8-4-5-11-33(30)22-34)23-37(25-38)35-20-21-44-40(26-35)39-12-6-7-13-43(39)49-44/h1-27H. The lowest BCUT2D eigenvalue weighted by molar-refractivity contribution is 1.18. The molecule has 2 heterocycles. The van der Waals surface area contributed by atoms with Gasteiger partial charge in [0.1, 0.15) is 0 Å². The third kappa shape index (κ3) is 5.43. The molecule has 3 nitrogen and oxygen atoms in total. The molecule has 0 spiro atoms. The summed E-state index contributed by atoms with van der Waals surface area (Å²) in [5, 5.41) is 14.4. The Morgan fingerprint density at radius 3 is 1.82 bits per heavy atom. The van der Waals surface area contributed by atoms with E-state index in [9.17, 15) is 5.26 Å². The molecule has 0 amide bonds. The van der Waals surface area contributed by atoms with Gasteiger partial charge in [0.25, 0.3) is 0 Å². The monoisotopic (exact) mass is 641 g/mol. The van der Waals surface area contributed by atoms with Gasteiger partial charge in [-0.3, -0.25) is 0 Å². The molecule has 9 rings (SSSR count). The minimum atomic E-state index is 0.615. The summed E-state index contributed by atoms with van der Waals surface area (Å²) >= 11 is 1.83. The van der Waals surface area contributed by atoms with Crippen molar-refractivity contribution in [3.63, 3.8) is 0 Å². The van der Waals surface area contributed by atoms with Crippen molar-refractivity contribution in [3.8, 4) is 62.2 Å². The molecule has 2 aromatic heterocycles. The van der Waals surface area contributed by atoms with Crippen molar-refractivity contribution >= 4 is 42.3 Å². The minimum absolute atomic E-state index is 0.615. The zero-order valence-corrected chi connectivity index (χ0v) is 27.2. The van der Waals surface area contributed by atoms with Gasteiger partial charge in [0.15, 0.2) is 5.82 Å². The van der Waals surface area contributed by atoms with Crippen LogP contribution in [0.4, 0.5) is 0 Å². The molecule has 0 unspecified atom stereocenters. The van der Waals surface area contributed by atoms with Crippen molar-refractivity contribution in [3.05, 3.63) is 169 Å². The quantitative estimate of drug-likeness (QED) is 0.188. The fourth-order valence-electron chi connectivity index (χ4n) is 6.56. The molecule has 49 heavy (non-hydrogen) atoms. The van der Waals surface area contributed by atoms with Gasteiger partial charge in [-0.25, -0.2) is 9.97 Å². The number of thiophene rings is 1. The van der Waals surface area contributed by atoms with Crippen molar-refractivity contribution in [1.29, 1.82) is 5.26 Å². The van der Waals surface area contributed by atoms with E-state index in [1.807, 2.05) is 65.9 Å². The Morgan fingerprint density at radius 1 is 0.408 bits per heavy atom. The molecule has 7 aromatic carbocycles. The molecule has 0 saturated heterocycles. The Kier molecular flexibility index (Phi) is 7.04. The van der Waals surface area contributed by atoms with Gasteiger partial charge in [0, 0.05) is 36.9 Å². The van der Waals surface area contributed by atoms with E-state index in [4.69, 9.17) is 9.97 Å². The van der Waals surface area contributed by atoms with Crippen LogP contribution in [0.25, 0.3) is 87.1 Å². The van der Waals surface area contributed by atoms with Gasteiger partial charge in [0.2, 0.25) is 0 Å². The summed E-state index contributed by atoms with van der Waals surface area (Å²) in [6.45, 7) is 0. The van der Waals surface area contributed by atoms with E-state index < -0.39 is 0 Å². The number of fused-ring (bicyclic) bond motifs is 4. The van der Waals surface area contributed by atoms with Crippen LogP contribution in [0.15, 0.2) is 164 Å². The molecule has 0 atom stereocenters. The van der Waals surface area contributed by atoms with Crippen molar-refractivity contribution in [1.82, 2.24) is 9.97 Å². The number of benzene rings is 7. The number of rotatable bonds is 5. The summed E-state index contributed by atoms with van der Waals surface area (Å²) < 4.78 is 2.58. The van der Waals surface area contributed by atoms with Gasteiger partial charge in [-0.1, -0.05) is 103 Å². The van der Waals surface area contributed by atoms with E-state index >= 15 is 0 Å². The molecule has 0 aliphatic carbocycles. The minimum Gasteiger partial charge on any atom is -0.228 e. The Balaban J connectivity index is 1.27. The van der Waals surface area contributed by atoms with Crippen molar-refractivity contribution in [2.24, 2.45) is 0 Å². The first kappa shape index (κ1) is 28.8. The molecule has 228 valence electrons. The van der Waals surface area contributed by atoms with Crippen molar-refractivity contribution in [2.45, 2.75) is 0 Å². The van der Waals surface area contributed by atoms with Crippen molar-refractivity contribution in [2.75, 3.05) is 0 Å². The lowest BCUT2D eigenvalue weighted by Gasteiger charge is -2.14. The van der Waals surface area contributed by atoms with Crippen LogP contribution in [0.5, 0.6) is 0 Å². The van der Waals surface area contributed by atoms with Crippen LogP contribution >= 0.6 is 11.3 Å². The smallest absolute Gasteiger partial charge is 0.160 e. The highest BCUT2D eigenvalue weighted by Crippen LogP contribution is 2.39. The summed E-state index contributed by atoms with van der Waals surface area (Å²) in [5.74, 6) is 0.654. The van der Waals surface area contributed by atoms with E-state index in [1.165, 1.54) is 30.9 Å². The van der Waals surface area contributed by atoms with E-state index in [0.717, 1.165) is 50.3 Å². The molecule has 0 bridgehead atoms. The normalized spacial score (nSPS) is 11.2. The molecule has 0 fully saturated rings. The average Bonchev–Trinajstić information content (AvgIpc) is 3.56. The number of aromatic nitrogens is 2. The molecule has 0 saturated carbocycles. The lowest BCUT2D eigenvalue weighted by Crippen LogP contribution is -1.96. The summed E-state index contributed by atoms with van der Waals surface area (Å²) in [6, 6.07) is 59.4. The average molecular weight is 642 g/mol. The summed E-state index contributed by atoms with van der Waals surface area (Å²) in [5.41, 5.74) is 9.68. The Labute approximate surface area is 288 Å². The molecule has 9 aromatic rings. The number of nitrogens with zero attached hydrogens (tertiary/aromatic N) is 3. The molecule has 4 heteroatoms. The third-order valence-electron chi connectivity index (χ3n) is 9.09. The van der Waals surface area contributed by atoms with Gasteiger partial charge in [-0.15, -0.1) is 11.3 Å². The number of hydrogen-bond acceptors (Lipinski definition) is 4. The van der Waals surface area contributed by atoms with E-state index in [0.29, 0.717) is 11.4 Å². The van der Waals surface area contributed by atoms with Crippen LogP contribution < -0.4 is 0 Å². The summed E-state index contributed by atoms with van der Waals surface area (Å²) in [7, 11) is 0. The van der Waals surface area contributed by atoms with Crippen LogP contribution in [-0.2, 0) is 0 Å². The zero-order chi connectivity index (χ0) is 32.7. The molecular weight excluding hydrogens is 615 g/mol. The largest absolute Gasteiger partial charge is 0.228 e. The van der Waals surface area contributed by atoms with E-state index in [-0.39, 0.29) is 0 Å². The Morgan fingerprint density at radius 2 is 1.02 bits per heavy atom. The highest BCUT2D eigenvalue weighted by Gasteiger charge is 2.15.